The fourth-order valence-electron chi connectivity index (χ4n) is 2.34. The molecule has 0 spiro atoms. The molecule has 2 aromatic rings. The van der Waals surface area contributed by atoms with E-state index >= 15 is 0 Å². The van der Waals surface area contributed by atoms with Crippen LogP contribution in [0.1, 0.15) is 35.6 Å². The number of piperidine rings is 1. The van der Waals surface area contributed by atoms with Gasteiger partial charge in [0.05, 0.1) is 5.69 Å². The van der Waals surface area contributed by atoms with E-state index in [0.29, 0.717) is 5.69 Å². The summed E-state index contributed by atoms with van der Waals surface area (Å²) in [6, 6.07) is 0. The first-order chi connectivity index (χ1) is 9.58. The van der Waals surface area contributed by atoms with E-state index in [9.17, 15) is 9.59 Å². The van der Waals surface area contributed by atoms with Crippen molar-refractivity contribution in [3.63, 3.8) is 0 Å². The Balaban J connectivity index is 2.02. The van der Waals surface area contributed by atoms with Crippen molar-refractivity contribution in [2.24, 2.45) is 0 Å². The van der Waals surface area contributed by atoms with E-state index < -0.39 is 5.56 Å². The standard InChI is InChI=1S/C12H14ClN5O2/c1-7-8(13)10(19)18-12(14-7)15-9(16-18)11(20)17-5-3-2-4-6-17/h2-6H2,1H3,(H,14,15,16). The minimum atomic E-state index is -0.445. The first kappa shape index (κ1) is 13.1. The van der Waals surface area contributed by atoms with Crippen LogP contribution in [0.25, 0.3) is 5.78 Å². The summed E-state index contributed by atoms with van der Waals surface area (Å²) in [5.74, 6) is 0.0822. The number of hydrogen-bond acceptors (Lipinski definition) is 4. The molecule has 0 unspecified atom stereocenters. The Hall–Kier alpha value is -1.89. The van der Waals surface area contributed by atoms with Crippen molar-refractivity contribution in [2.75, 3.05) is 13.1 Å². The molecule has 2 aromatic heterocycles. The molecule has 0 saturated carbocycles. The number of amides is 1. The highest BCUT2D eigenvalue weighted by Gasteiger charge is 2.22. The monoisotopic (exact) mass is 295 g/mol. The third-order valence-electron chi connectivity index (χ3n) is 3.45. The molecule has 106 valence electrons. The molecule has 0 aromatic carbocycles. The van der Waals surface area contributed by atoms with Gasteiger partial charge in [0.15, 0.2) is 0 Å². The number of halogens is 1. The molecule has 0 bridgehead atoms. The molecule has 3 heterocycles. The summed E-state index contributed by atoms with van der Waals surface area (Å²) in [6.07, 6.45) is 3.13. The van der Waals surface area contributed by atoms with Gasteiger partial charge in [-0.1, -0.05) is 11.6 Å². The minimum absolute atomic E-state index is 0.0307. The van der Waals surface area contributed by atoms with Crippen LogP contribution in [0.4, 0.5) is 0 Å². The lowest BCUT2D eigenvalue weighted by Crippen LogP contribution is -2.36. The molecule has 0 radical (unpaired) electrons. The summed E-state index contributed by atoms with van der Waals surface area (Å²) in [4.78, 5) is 34.2. The summed E-state index contributed by atoms with van der Waals surface area (Å²) in [5, 5.41) is 2.71. The molecule has 1 N–H and O–H groups in total. The second-order valence-electron chi connectivity index (χ2n) is 4.88. The number of H-pyrrole nitrogens is 1. The number of likely N-dealkylation sites (tertiary alicyclic amines) is 1. The average molecular weight is 296 g/mol. The second-order valence-corrected chi connectivity index (χ2v) is 5.25. The molecule has 20 heavy (non-hydrogen) atoms. The van der Waals surface area contributed by atoms with Crippen molar-refractivity contribution in [3.8, 4) is 0 Å². The van der Waals surface area contributed by atoms with Crippen molar-refractivity contribution in [3.05, 3.63) is 26.9 Å². The van der Waals surface area contributed by atoms with Crippen molar-refractivity contribution < 1.29 is 4.79 Å². The van der Waals surface area contributed by atoms with Crippen LogP contribution in [0.5, 0.6) is 0 Å². The van der Waals surface area contributed by atoms with Gasteiger partial charge in [0.2, 0.25) is 5.82 Å². The second kappa shape index (κ2) is 4.90. The van der Waals surface area contributed by atoms with Gasteiger partial charge in [-0.25, -0.2) is 4.98 Å². The number of aryl methyl sites for hydroxylation is 1. The molecule has 1 aliphatic rings. The lowest BCUT2D eigenvalue weighted by Gasteiger charge is -2.25. The number of nitrogens with one attached hydrogen (secondary N) is 1. The largest absolute Gasteiger partial charge is 0.336 e. The van der Waals surface area contributed by atoms with Gasteiger partial charge in [-0.05, 0) is 26.2 Å². The van der Waals surface area contributed by atoms with E-state index in [1.165, 1.54) is 0 Å². The Bertz CT molecular complexity index is 729. The van der Waals surface area contributed by atoms with Gasteiger partial charge in [0, 0.05) is 13.1 Å². The minimum Gasteiger partial charge on any atom is -0.336 e. The molecule has 1 saturated heterocycles. The topological polar surface area (TPSA) is 83.4 Å². The summed E-state index contributed by atoms with van der Waals surface area (Å²) in [7, 11) is 0. The van der Waals surface area contributed by atoms with E-state index in [4.69, 9.17) is 11.6 Å². The summed E-state index contributed by atoms with van der Waals surface area (Å²) in [5.41, 5.74) is -0.0421. The highest BCUT2D eigenvalue weighted by atomic mass is 35.5. The fourth-order valence-corrected chi connectivity index (χ4v) is 2.47. The lowest BCUT2D eigenvalue weighted by atomic mass is 10.1. The summed E-state index contributed by atoms with van der Waals surface area (Å²) < 4.78 is 1.10. The molecule has 3 rings (SSSR count). The molecule has 8 heteroatoms. The smallest absolute Gasteiger partial charge is 0.293 e. The van der Waals surface area contributed by atoms with Crippen LogP contribution in [0.3, 0.4) is 0 Å². The highest BCUT2D eigenvalue weighted by Crippen LogP contribution is 2.12. The van der Waals surface area contributed by atoms with Crippen LogP contribution < -0.4 is 5.56 Å². The zero-order valence-corrected chi connectivity index (χ0v) is 11.8. The Kier molecular flexibility index (Phi) is 3.21. The number of nitrogens with zero attached hydrogens (tertiary/aromatic N) is 4. The number of aromatic nitrogens is 4. The summed E-state index contributed by atoms with van der Waals surface area (Å²) in [6.45, 7) is 3.07. The van der Waals surface area contributed by atoms with Crippen LogP contribution >= 0.6 is 11.6 Å². The van der Waals surface area contributed by atoms with Crippen LogP contribution in [0.2, 0.25) is 5.02 Å². The van der Waals surface area contributed by atoms with E-state index in [1.807, 2.05) is 0 Å². The molecule has 0 atom stereocenters. The van der Waals surface area contributed by atoms with Gasteiger partial charge in [0.25, 0.3) is 17.2 Å². The first-order valence-electron chi connectivity index (χ1n) is 6.52. The molecule has 0 aliphatic carbocycles. The number of carbonyl (C=O) groups is 1. The van der Waals surface area contributed by atoms with Gasteiger partial charge < -0.3 is 4.90 Å². The number of carbonyl (C=O) groups excluding carboxylic acids is 1. The molecular weight excluding hydrogens is 282 g/mol. The van der Waals surface area contributed by atoms with Crippen molar-refractivity contribution in [2.45, 2.75) is 26.2 Å². The van der Waals surface area contributed by atoms with Crippen LogP contribution in [0.15, 0.2) is 4.79 Å². The molecule has 1 aliphatic heterocycles. The van der Waals surface area contributed by atoms with E-state index in [0.717, 1.165) is 36.9 Å². The summed E-state index contributed by atoms with van der Waals surface area (Å²) >= 11 is 5.86. The average Bonchev–Trinajstić information content (AvgIpc) is 2.89. The Morgan fingerprint density at radius 3 is 2.65 bits per heavy atom. The van der Waals surface area contributed by atoms with Gasteiger partial charge in [-0.15, -0.1) is 0 Å². The Labute approximate surface area is 119 Å². The molecule has 1 amide bonds. The predicted octanol–water partition coefficient (Wildman–Crippen LogP) is 1.01. The zero-order chi connectivity index (χ0) is 14.3. The van der Waals surface area contributed by atoms with Gasteiger partial charge in [-0.3, -0.25) is 14.7 Å². The first-order valence-corrected chi connectivity index (χ1v) is 6.90. The van der Waals surface area contributed by atoms with E-state index in [2.05, 4.69) is 15.1 Å². The fraction of sp³-hybridized carbons (Fsp3) is 0.500. The maximum atomic E-state index is 12.3. The van der Waals surface area contributed by atoms with Crippen LogP contribution in [0, 0.1) is 6.92 Å². The number of hydrogen-bond donors (Lipinski definition) is 1. The maximum Gasteiger partial charge on any atom is 0.293 e. The normalized spacial score (nSPS) is 15.8. The van der Waals surface area contributed by atoms with Crippen molar-refractivity contribution >= 4 is 23.3 Å². The van der Waals surface area contributed by atoms with Crippen LogP contribution in [-0.4, -0.2) is 43.5 Å². The SMILES string of the molecule is Cc1nc2nc(C(=O)N3CCCCC3)[nH]n2c(=O)c1Cl. The maximum absolute atomic E-state index is 12.3. The third-order valence-corrected chi connectivity index (χ3v) is 3.89. The van der Waals surface area contributed by atoms with E-state index in [1.54, 1.807) is 11.8 Å². The lowest BCUT2D eigenvalue weighted by molar-refractivity contribution is 0.0712. The number of aromatic amines is 1. The Morgan fingerprint density at radius 1 is 1.25 bits per heavy atom. The Morgan fingerprint density at radius 2 is 1.95 bits per heavy atom. The molecular formula is C12H14ClN5O2. The van der Waals surface area contributed by atoms with E-state index in [-0.39, 0.29) is 22.5 Å². The number of fused-ring (bicyclic) bond motifs is 1. The molecule has 1 fully saturated rings. The van der Waals surface area contributed by atoms with Gasteiger partial charge >= 0.3 is 0 Å². The van der Waals surface area contributed by atoms with Gasteiger partial charge in [-0.2, -0.15) is 9.50 Å². The van der Waals surface area contributed by atoms with Crippen LogP contribution in [-0.2, 0) is 0 Å². The quantitative estimate of drug-likeness (QED) is 0.851. The zero-order valence-electron chi connectivity index (χ0n) is 11.0. The highest BCUT2D eigenvalue weighted by molar-refractivity contribution is 6.31. The van der Waals surface area contributed by atoms with Crippen molar-refractivity contribution in [1.29, 1.82) is 0 Å². The third kappa shape index (κ3) is 2.07. The van der Waals surface area contributed by atoms with Gasteiger partial charge in [0.1, 0.15) is 5.02 Å². The predicted molar refractivity (Wildman–Crippen MR) is 73.1 cm³/mol. The molecule has 7 nitrogen and oxygen atoms in total. The number of rotatable bonds is 1. The van der Waals surface area contributed by atoms with Crippen molar-refractivity contribution in [1.82, 2.24) is 24.5 Å².